The second kappa shape index (κ2) is 6.83. The van der Waals surface area contributed by atoms with Gasteiger partial charge in [-0.1, -0.05) is 6.07 Å². The normalized spacial score (nSPS) is 15.8. The summed E-state index contributed by atoms with van der Waals surface area (Å²) in [5.41, 5.74) is 2.87. The number of nitro benzene ring substituents is 1. The molecule has 0 unspecified atom stereocenters. The first-order valence-electron chi connectivity index (χ1n) is 9.03. The van der Waals surface area contributed by atoms with Crippen molar-refractivity contribution < 1.29 is 14.5 Å². The average Bonchev–Trinajstić information content (AvgIpc) is 3.52. The zero-order chi connectivity index (χ0) is 19.0. The number of nitro groups is 1. The van der Waals surface area contributed by atoms with Crippen LogP contribution in [0.5, 0.6) is 0 Å². The largest absolute Gasteiger partial charge is 0.322 e. The second-order valence-corrected chi connectivity index (χ2v) is 6.97. The van der Waals surface area contributed by atoms with Gasteiger partial charge >= 0.3 is 0 Å². The van der Waals surface area contributed by atoms with Crippen molar-refractivity contribution in [1.82, 2.24) is 0 Å². The topological polar surface area (TPSA) is 92.6 Å². The highest BCUT2D eigenvalue weighted by atomic mass is 16.6. The van der Waals surface area contributed by atoms with E-state index in [4.69, 9.17) is 0 Å². The van der Waals surface area contributed by atoms with Gasteiger partial charge in [-0.3, -0.25) is 19.7 Å². The summed E-state index contributed by atoms with van der Waals surface area (Å²) in [5.74, 6) is -0.0233. The summed E-state index contributed by atoms with van der Waals surface area (Å²) < 4.78 is 0. The lowest BCUT2D eigenvalue weighted by atomic mass is 10.0. The summed E-state index contributed by atoms with van der Waals surface area (Å²) in [7, 11) is 0. The molecule has 0 radical (unpaired) electrons. The van der Waals surface area contributed by atoms with Crippen LogP contribution >= 0.6 is 0 Å². The predicted octanol–water partition coefficient (Wildman–Crippen LogP) is 3.54. The number of aryl methyl sites for hydroxylation is 1. The van der Waals surface area contributed by atoms with Crippen LogP contribution in [0.25, 0.3) is 0 Å². The fourth-order valence-corrected chi connectivity index (χ4v) is 3.37. The molecule has 4 rings (SSSR count). The molecule has 1 aliphatic carbocycles. The molecule has 1 aliphatic heterocycles. The Morgan fingerprint density at radius 1 is 1.11 bits per heavy atom. The number of benzene rings is 2. The third kappa shape index (κ3) is 3.53. The van der Waals surface area contributed by atoms with Crippen molar-refractivity contribution in [3.8, 4) is 0 Å². The maximum atomic E-state index is 12.5. The molecule has 2 amide bonds. The van der Waals surface area contributed by atoms with Crippen LogP contribution in [0.4, 0.5) is 17.1 Å². The van der Waals surface area contributed by atoms with E-state index < -0.39 is 4.92 Å². The molecule has 7 nitrogen and oxygen atoms in total. The summed E-state index contributed by atoms with van der Waals surface area (Å²) in [4.78, 5) is 37.0. The summed E-state index contributed by atoms with van der Waals surface area (Å²) >= 11 is 0. The Bertz CT molecular complexity index is 919. The summed E-state index contributed by atoms with van der Waals surface area (Å²) in [6, 6.07) is 11.1. The first-order chi connectivity index (χ1) is 13.0. The SMILES string of the molecule is O=C(Nc1ccc2c(c1)N(C(=O)C1CC1)CCC2)c1ccc([N+](=O)[O-])cc1. The van der Waals surface area contributed by atoms with Gasteiger partial charge in [-0.25, -0.2) is 0 Å². The molecule has 0 aromatic heterocycles. The molecule has 1 N–H and O–H groups in total. The van der Waals surface area contributed by atoms with E-state index >= 15 is 0 Å². The monoisotopic (exact) mass is 365 g/mol. The van der Waals surface area contributed by atoms with Crippen LogP contribution in [0.3, 0.4) is 0 Å². The number of hydrogen-bond acceptors (Lipinski definition) is 4. The molecule has 0 atom stereocenters. The highest BCUT2D eigenvalue weighted by molar-refractivity contribution is 6.05. The molecule has 1 heterocycles. The summed E-state index contributed by atoms with van der Waals surface area (Å²) in [6.07, 6.45) is 3.78. The molecule has 2 aliphatic rings. The van der Waals surface area contributed by atoms with E-state index in [-0.39, 0.29) is 23.4 Å². The van der Waals surface area contributed by atoms with E-state index in [2.05, 4.69) is 5.32 Å². The highest BCUT2D eigenvalue weighted by Crippen LogP contribution is 2.37. The van der Waals surface area contributed by atoms with Crippen LogP contribution in [-0.4, -0.2) is 23.3 Å². The van der Waals surface area contributed by atoms with Crippen LogP contribution in [-0.2, 0) is 11.2 Å². The maximum Gasteiger partial charge on any atom is 0.269 e. The molecule has 0 spiro atoms. The van der Waals surface area contributed by atoms with Crippen molar-refractivity contribution in [2.75, 3.05) is 16.8 Å². The summed E-state index contributed by atoms with van der Waals surface area (Å²) in [6.45, 7) is 0.710. The average molecular weight is 365 g/mol. The molecule has 27 heavy (non-hydrogen) atoms. The minimum Gasteiger partial charge on any atom is -0.322 e. The van der Waals surface area contributed by atoms with E-state index in [1.54, 1.807) is 0 Å². The molecule has 0 saturated heterocycles. The fourth-order valence-electron chi connectivity index (χ4n) is 3.37. The Morgan fingerprint density at radius 2 is 1.85 bits per heavy atom. The number of carbonyl (C=O) groups is 2. The molecular weight excluding hydrogens is 346 g/mol. The number of nitrogens with zero attached hydrogens (tertiary/aromatic N) is 2. The van der Waals surface area contributed by atoms with Gasteiger partial charge in [-0.2, -0.15) is 0 Å². The highest BCUT2D eigenvalue weighted by Gasteiger charge is 2.35. The predicted molar refractivity (Wildman–Crippen MR) is 101 cm³/mol. The van der Waals surface area contributed by atoms with E-state index in [9.17, 15) is 19.7 Å². The van der Waals surface area contributed by atoms with Gasteiger partial charge < -0.3 is 10.2 Å². The van der Waals surface area contributed by atoms with E-state index in [0.29, 0.717) is 17.8 Å². The molecule has 1 fully saturated rings. The lowest BCUT2D eigenvalue weighted by molar-refractivity contribution is -0.384. The smallest absolute Gasteiger partial charge is 0.269 e. The van der Waals surface area contributed by atoms with Gasteiger partial charge in [0.1, 0.15) is 0 Å². The van der Waals surface area contributed by atoms with Gasteiger partial charge in [0.2, 0.25) is 5.91 Å². The van der Waals surface area contributed by atoms with Gasteiger partial charge in [-0.05, 0) is 55.5 Å². The summed E-state index contributed by atoms with van der Waals surface area (Å²) in [5, 5.41) is 13.5. The fraction of sp³-hybridized carbons (Fsp3) is 0.300. The number of amides is 2. The zero-order valence-electron chi connectivity index (χ0n) is 14.7. The van der Waals surface area contributed by atoms with Gasteiger partial charge in [0, 0.05) is 41.5 Å². The first-order valence-corrected chi connectivity index (χ1v) is 9.03. The Balaban J connectivity index is 1.54. The number of anilines is 2. The maximum absolute atomic E-state index is 12.5. The van der Waals surface area contributed by atoms with E-state index in [1.807, 2.05) is 23.1 Å². The number of carbonyl (C=O) groups excluding carboxylic acids is 2. The Morgan fingerprint density at radius 3 is 2.52 bits per heavy atom. The molecule has 2 aromatic carbocycles. The number of rotatable bonds is 4. The van der Waals surface area contributed by atoms with Gasteiger partial charge in [-0.15, -0.1) is 0 Å². The number of non-ortho nitro benzene ring substituents is 1. The van der Waals surface area contributed by atoms with E-state index in [1.165, 1.54) is 24.3 Å². The molecule has 138 valence electrons. The van der Waals surface area contributed by atoms with Crippen LogP contribution in [0, 0.1) is 16.0 Å². The van der Waals surface area contributed by atoms with Gasteiger partial charge in [0.15, 0.2) is 0 Å². The number of nitrogens with one attached hydrogen (secondary N) is 1. The van der Waals surface area contributed by atoms with Crippen LogP contribution in [0.1, 0.15) is 35.2 Å². The third-order valence-corrected chi connectivity index (χ3v) is 4.99. The van der Waals surface area contributed by atoms with Crippen molar-refractivity contribution in [1.29, 1.82) is 0 Å². The Kier molecular flexibility index (Phi) is 4.35. The van der Waals surface area contributed by atoms with Crippen LogP contribution in [0.2, 0.25) is 0 Å². The standard InChI is InChI=1S/C20H19N3O4/c24-19(14-6-9-17(10-7-14)23(26)27)21-16-8-5-13-2-1-11-22(18(13)12-16)20(25)15-3-4-15/h5-10,12,15H,1-4,11H2,(H,21,24). The van der Waals surface area contributed by atoms with Crippen molar-refractivity contribution >= 4 is 28.9 Å². The Labute approximate surface area is 156 Å². The molecular formula is C20H19N3O4. The van der Waals surface area contributed by atoms with Crippen molar-refractivity contribution in [3.05, 3.63) is 63.7 Å². The first kappa shape index (κ1) is 17.2. The Hall–Kier alpha value is -3.22. The number of hydrogen-bond donors (Lipinski definition) is 1. The second-order valence-electron chi connectivity index (χ2n) is 6.97. The van der Waals surface area contributed by atoms with Crippen molar-refractivity contribution in [3.63, 3.8) is 0 Å². The lowest BCUT2D eigenvalue weighted by Crippen LogP contribution is -2.36. The molecule has 0 bridgehead atoms. The quantitative estimate of drug-likeness (QED) is 0.662. The van der Waals surface area contributed by atoms with Gasteiger partial charge in [0.05, 0.1) is 4.92 Å². The third-order valence-electron chi connectivity index (χ3n) is 4.99. The van der Waals surface area contributed by atoms with Crippen molar-refractivity contribution in [2.45, 2.75) is 25.7 Å². The van der Waals surface area contributed by atoms with Crippen LogP contribution in [0.15, 0.2) is 42.5 Å². The minimum atomic E-state index is -0.503. The minimum absolute atomic E-state index is 0.0606. The lowest BCUT2D eigenvalue weighted by Gasteiger charge is -2.30. The van der Waals surface area contributed by atoms with Crippen molar-refractivity contribution in [2.24, 2.45) is 5.92 Å². The molecule has 1 saturated carbocycles. The van der Waals surface area contributed by atoms with E-state index in [0.717, 1.165) is 36.9 Å². The molecule has 7 heteroatoms. The molecule has 2 aromatic rings. The van der Waals surface area contributed by atoms with Crippen LogP contribution < -0.4 is 10.2 Å². The zero-order valence-corrected chi connectivity index (χ0v) is 14.7. The number of fused-ring (bicyclic) bond motifs is 1. The van der Waals surface area contributed by atoms with Gasteiger partial charge in [0.25, 0.3) is 11.6 Å².